The van der Waals surface area contributed by atoms with E-state index in [2.05, 4.69) is 25.2 Å². The summed E-state index contributed by atoms with van der Waals surface area (Å²) in [6, 6.07) is 7.40. The van der Waals surface area contributed by atoms with Crippen LogP contribution in [0.15, 0.2) is 36.9 Å². The number of fused-ring (bicyclic) bond motifs is 1. The van der Waals surface area contributed by atoms with Crippen molar-refractivity contribution in [3.63, 3.8) is 0 Å². The predicted octanol–water partition coefficient (Wildman–Crippen LogP) is 1.79. The van der Waals surface area contributed by atoms with Gasteiger partial charge in [0.05, 0.1) is 12.4 Å². The van der Waals surface area contributed by atoms with Gasteiger partial charge in [0.1, 0.15) is 11.8 Å². The molecule has 4 N–H and O–H groups in total. The number of halogens is 1. The molecule has 3 atom stereocenters. The minimum Gasteiger partial charge on any atom is -0.396 e. The number of aliphatic hydroxyl groups excluding tert-OH is 1. The second kappa shape index (κ2) is 7.90. The van der Waals surface area contributed by atoms with Crippen LogP contribution in [0.2, 0.25) is 5.02 Å². The first-order valence-electron chi connectivity index (χ1n) is 10.4. The zero-order valence-corrected chi connectivity index (χ0v) is 17.7. The van der Waals surface area contributed by atoms with Gasteiger partial charge >= 0.3 is 0 Å². The van der Waals surface area contributed by atoms with Crippen molar-refractivity contribution in [2.75, 3.05) is 29.9 Å². The maximum Gasteiger partial charge on any atom is 0.184 e. The van der Waals surface area contributed by atoms with E-state index in [9.17, 15) is 15.3 Å². The third-order valence-electron chi connectivity index (χ3n) is 6.35. The van der Waals surface area contributed by atoms with Crippen molar-refractivity contribution in [1.29, 1.82) is 0 Å². The molecule has 31 heavy (non-hydrogen) atoms. The summed E-state index contributed by atoms with van der Waals surface area (Å²) in [5.41, 5.74) is 2.27. The molecule has 2 aromatic heterocycles. The molecule has 2 fully saturated rings. The maximum atomic E-state index is 10.5. The first-order valence-corrected chi connectivity index (χ1v) is 10.8. The van der Waals surface area contributed by atoms with Crippen molar-refractivity contribution in [3.05, 3.63) is 41.9 Å². The van der Waals surface area contributed by atoms with Crippen LogP contribution in [0.4, 0.5) is 11.5 Å². The highest BCUT2D eigenvalue weighted by Gasteiger charge is 2.46. The molecule has 3 aromatic rings. The van der Waals surface area contributed by atoms with Gasteiger partial charge in [-0.25, -0.2) is 15.0 Å². The number of rotatable bonds is 5. The van der Waals surface area contributed by atoms with E-state index in [1.54, 1.807) is 10.9 Å². The van der Waals surface area contributed by atoms with E-state index in [4.69, 9.17) is 11.6 Å². The highest BCUT2D eigenvalue weighted by molar-refractivity contribution is 6.30. The Bertz CT molecular complexity index is 1070. The number of aromatic nitrogens is 4. The summed E-state index contributed by atoms with van der Waals surface area (Å²) in [6.07, 6.45) is 4.55. The molecule has 10 heteroatoms. The lowest BCUT2D eigenvalue weighted by atomic mass is 10.1. The van der Waals surface area contributed by atoms with Crippen molar-refractivity contribution in [3.8, 4) is 0 Å². The molecule has 1 saturated heterocycles. The lowest BCUT2D eigenvalue weighted by Crippen LogP contribution is -2.34. The molecule has 1 aromatic carbocycles. The van der Waals surface area contributed by atoms with Gasteiger partial charge in [0.15, 0.2) is 17.3 Å². The van der Waals surface area contributed by atoms with E-state index in [1.807, 2.05) is 24.3 Å². The number of hydrogen-bond acceptors (Lipinski definition) is 8. The van der Waals surface area contributed by atoms with Gasteiger partial charge in [-0.05, 0) is 43.0 Å². The number of aliphatic hydroxyl groups is 3. The predicted molar refractivity (Wildman–Crippen MR) is 117 cm³/mol. The second-order valence-electron chi connectivity index (χ2n) is 8.48. The molecule has 0 amide bonds. The molecule has 5 rings (SSSR count). The fourth-order valence-corrected chi connectivity index (χ4v) is 4.89. The third-order valence-corrected chi connectivity index (χ3v) is 6.60. The molecule has 3 heterocycles. The maximum absolute atomic E-state index is 10.5. The first-order chi connectivity index (χ1) is 14.9. The monoisotopic (exact) mass is 444 g/mol. The Morgan fingerprint density at radius 3 is 2.71 bits per heavy atom. The molecule has 0 unspecified atom stereocenters. The highest BCUT2D eigenvalue weighted by atomic mass is 35.5. The van der Waals surface area contributed by atoms with E-state index < -0.39 is 11.8 Å². The molecular formula is C21H25ClN6O3. The van der Waals surface area contributed by atoms with E-state index in [0.717, 1.165) is 30.2 Å². The zero-order chi connectivity index (χ0) is 21.6. The summed E-state index contributed by atoms with van der Waals surface area (Å²) in [6.45, 7) is 1.66. The minimum atomic E-state index is -1.91. The number of hydrogen-bond donors (Lipinski definition) is 4. The molecule has 2 aliphatic rings. The van der Waals surface area contributed by atoms with Crippen LogP contribution in [-0.2, 0) is 0 Å². The number of benzene rings is 1. The van der Waals surface area contributed by atoms with Crippen LogP contribution in [0.3, 0.4) is 0 Å². The zero-order valence-electron chi connectivity index (χ0n) is 16.9. The van der Waals surface area contributed by atoms with E-state index in [-0.39, 0.29) is 25.0 Å². The molecule has 9 nitrogen and oxygen atoms in total. The van der Waals surface area contributed by atoms with Gasteiger partial charge in [-0.1, -0.05) is 11.6 Å². The topological polar surface area (TPSA) is 120 Å². The molecule has 0 spiro atoms. The Morgan fingerprint density at radius 2 is 1.97 bits per heavy atom. The van der Waals surface area contributed by atoms with E-state index in [1.165, 1.54) is 6.33 Å². The van der Waals surface area contributed by atoms with Gasteiger partial charge in [0, 0.05) is 42.9 Å². The number of nitrogens with one attached hydrogen (secondary N) is 1. The molecule has 164 valence electrons. The number of anilines is 2. The molecule has 0 bridgehead atoms. The van der Waals surface area contributed by atoms with Gasteiger partial charge in [-0.15, -0.1) is 0 Å². The Labute approximate surface area is 184 Å². The van der Waals surface area contributed by atoms with Crippen LogP contribution in [0.5, 0.6) is 0 Å². The SMILES string of the molecule is OC[C@@H]1C[C@@H](n2cnc3c(N[C@H]4CCN(c5ccc(Cl)cc5)C4)ncnc32)C(O)(O)C1. The van der Waals surface area contributed by atoms with Crippen molar-refractivity contribution in [1.82, 2.24) is 19.5 Å². The lowest BCUT2D eigenvalue weighted by Gasteiger charge is -2.25. The quantitative estimate of drug-likeness (QED) is 0.440. The van der Waals surface area contributed by atoms with Crippen LogP contribution in [-0.4, -0.2) is 66.4 Å². The minimum absolute atomic E-state index is 0.0837. The fraction of sp³-hybridized carbons (Fsp3) is 0.476. The van der Waals surface area contributed by atoms with Gasteiger partial charge in [0.2, 0.25) is 0 Å². The molecular weight excluding hydrogens is 420 g/mol. The van der Waals surface area contributed by atoms with Crippen molar-refractivity contribution in [2.24, 2.45) is 5.92 Å². The summed E-state index contributed by atoms with van der Waals surface area (Å²) in [5, 5.41) is 34.6. The smallest absolute Gasteiger partial charge is 0.184 e. The normalized spacial score (nSPS) is 25.4. The van der Waals surface area contributed by atoms with Gasteiger partial charge in [-0.2, -0.15) is 0 Å². The Balaban J connectivity index is 1.35. The first kappa shape index (κ1) is 20.4. The Hall–Kier alpha value is -2.46. The van der Waals surface area contributed by atoms with Crippen molar-refractivity contribution in [2.45, 2.75) is 37.1 Å². The van der Waals surface area contributed by atoms with E-state index >= 15 is 0 Å². The van der Waals surface area contributed by atoms with Gasteiger partial charge in [-0.3, -0.25) is 0 Å². The standard InChI is InChI=1S/C21H25ClN6O3/c22-14-1-3-16(4-2-14)27-6-5-15(9-27)26-19-18-20(24-11-23-19)28(12-25-18)17-7-13(10-29)8-21(17,30)31/h1-4,11-13,15,17,29-31H,5-10H2,(H,23,24,26)/t13-,15+,17-/m1/s1. The third kappa shape index (κ3) is 3.82. The Morgan fingerprint density at radius 1 is 1.16 bits per heavy atom. The van der Waals surface area contributed by atoms with E-state index in [0.29, 0.717) is 23.4 Å². The summed E-state index contributed by atoms with van der Waals surface area (Å²) in [4.78, 5) is 15.5. The van der Waals surface area contributed by atoms with Crippen LogP contribution >= 0.6 is 11.6 Å². The summed E-state index contributed by atoms with van der Waals surface area (Å²) >= 11 is 6.00. The van der Waals surface area contributed by atoms with Gasteiger partial charge in [0.25, 0.3) is 0 Å². The lowest BCUT2D eigenvalue weighted by molar-refractivity contribution is -0.180. The molecule has 1 aliphatic carbocycles. The average Bonchev–Trinajstić information content (AvgIpc) is 3.45. The Kier molecular flexibility index (Phi) is 5.21. The second-order valence-corrected chi connectivity index (χ2v) is 8.92. The number of nitrogens with zero attached hydrogens (tertiary/aromatic N) is 5. The van der Waals surface area contributed by atoms with Crippen molar-refractivity contribution < 1.29 is 15.3 Å². The van der Waals surface area contributed by atoms with Crippen molar-refractivity contribution >= 4 is 34.3 Å². The summed E-state index contributed by atoms with van der Waals surface area (Å²) in [7, 11) is 0. The van der Waals surface area contributed by atoms with Crippen LogP contribution in [0, 0.1) is 5.92 Å². The van der Waals surface area contributed by atoms with Crippen LogP contribution in [0.1, 0.15) is 25.3 Å². The highest BCUT2D eigenvalue weighted by Crippen LogP contribution is 2.42. The summed E-state index contributed by atoms with van der Waals surface area (Å²) < 4.78 is 1.69. The largest absolute Gasteiger partial charge is 0.396 e. The molecule has 1 aliphatic heterocycles. The molecule has 0 radical (unpaired) electrons. The average molecular weight is 445 g/mol. The van der Waals surface area contributed by atoms with Crippen LogP contribution < -0.4 is 10.2 Å². The fourth-order valence-electron chi connectivity index (χ4n) is 4.77. The van der Waals surface area contributed by atoms with Gasteiger partial charge < -0.3 is 30.1 Å². The number of imidazole rings is 1. The molecule has 1 saturated carbocycles. The summed E-state index contributed by atoms with van der Waals surface area (Å²) in [5.74, 6) is -1.46. The van der Waals surface area contributed by atoms with Crippen LogP contribution in [0.25, 0.3) is 11.2 Å².